The minimum atomic E-state index is -1.79. The molecule has 7 nitrogen and oxygen atoms in total. The highest BCUT2D eigenvalue weighted by molar-refractivity contribution is 7.13. The van der Waals surface area contributed by atoms with E-state index in [9.17, 15) is 14.0 Å². The second-order valence-electron chi connectivity index (χ2n) is 6.72. The minimum Gasteiger partial charge on any atom is -0.301 e. The average Bonchev–Trinajstić information content (AvgIpc) is 3.25. The Bertz CT molecular complexity index is 613. The van der Waals surface area contributed by atoms with Gasteiger partial charge in [0.2, 0.25) is 5.91 Å². The molecule has 2 heterocycles. The Morgan fingerprint density at radius 3 is 2.92 bits per heavy atom. The van der Waals surface area contributed by atoms with Crippen molar-refractivity contribution in [2.75, 3.05) is 18.4 Å². The molecule has 1 aromatic rings. The number of amides is 2. The van der Waals surface area contributed by atoms with Crippen molar-refractivity contribution in [3.8, 4) is 0 Å². The largest absolute Gasteiger partial charge is 0.301 e. The van der Waals surface area contributed by atoms with Gasteiger partial charge in [0, 0.05) is 17.8 Å². The first-order valence-corrected chi connectivity index (χ1v) is 9.89. The molecule has 1 saturated heterocycles. The number of likely N-dealkylation sites (tertiary alicyclic amines) is 1. The van der Waals surface area contributed by atoms with Gasteiger partial charge in [0.15, 0.2) is 11.3 Å². The summed E-state index contributed by atoms with van der Waals surface area (Å²) in [5.74, 6) is -1.73. The zero-order valence-corrected chi connectivity index (χ0v) is 16.0. The molecule has 0 bridgehead atoms. The summed E-state index contributed by atoms with van der Waals surface area (Å²) >= 11 is 1.37. The summed E-state index contributed by atoms with van der Waals surface area (Å²) in [5, 5.41) is 14.0. The van der Waals surface area contributed by atoms with Crippen molar-refractivity contribution in [1.82, 2.24) is 15.4 Å². The normalized spacial score (nSPS) is 19.9. The van der Waals surface area contributed by atoms with Crippen molar-refractivity contribution in [2.45, 2.75) is 58.2 Å². The number of hydrogen-bond donors (Lipinski definition) is 3. The maximum atomic E-state index is 14.4. The van der Waals surface area contributed by atoms with Crippen LogP contribution in [0.25, 0.3) is 0 Å². The Kier molecular flexibility index (Phi) is 7.92. The molecule has 2 rings (SSSR count). The van der Waals surface area contributed by atoms with Crippen LogP contribution in [-0.4, -0.2) is 52.2 Å². The predicted molar refractivity (Wildman–Crippen MR) is 97.9 cm³/mol. The number of carbonyl (C=O) groups excluding carboxylic acids is 2. The molecule has 3 atom stereocenters. The smallest absolute Gasteiger partial charge is 0.278 e. The van der Waals surface area contributed by atoms with E-state index in [1.165, 1.54) is 16.8 Å². The van der Waals surface area contributed by atoms with E-state index < -0.39 is 18.0 Å². The van der Waals surface area contributed by atoms with Crippen molar-refractivity contribution >= 4 is 28.3 Å². The van der Waals surface area contributed by atoms with E-state index in [1.54, 1.807) is 0 Å². The number of halogens is 1. The standard InChI is InChI=1S/C17H27FN4O3S/c1-3-4-6-12(14(18)16(24)21-25)9-22-8-5-7-13(22)15(23)20-17-19-11(2)10-26-17/h10,12-14,25H,3-9H2,1-2H3,(H,21,24)(H,19,20,23)/t12?,13-,14?/m0/s1. The highest BCUT2D eigenvalue weighted by Gasteiger charge is 2.36. The molecular weight excluding hydrogens is 359 g/mol. The van der Waals surface area contributed by atoms with E-state index in [2.05, 4.69) is 10.3 Å². The summed E-state index contributed by atoms with van der Waals surface area (Å²) in [6.45, 7) is 4.85. The number of nitrogens with zero attached hydrogens (tertiary/aromatic N) is 2. The Morgan fingerprint density at radius 2 is 2.31 bits per heavy atom. The van der Waals surface area contributed by atoms with Crippen molar-refractivity contribution in [3.05, 3.63) is 11.1 Å². The summed E-state index contributed by atoms with van der Waals surface area (Å²) in [6.07, 6.45) is 1.95. The molecule has 2 amide bonds. The van der Waals surface area contributed by atoms with Crippen LogP contribution in [0.5, 0.6) is 0 Å². The summed E-state index contributed by atoms with van der Waals surface area (Å²) in [4.78, 5) is 30.3. The van der Waals surface area contributed by atoms with E-state index in [1.807, 2.05) is 24.1 Å². The van der Waals surface area contributed by atoms with Crippen molar-refractivity contribution in [2.24, 2.45) is 5.92 Å². The van der Waals surface area contributed by atoms with Gasteiger partial charge >= 0.3 is 0 Å². The number of thiazole rings is 1. The summed E-state index contributed by atoms with van der Waals surface area (Å²) in [7, 11) is 0. The van der Waals surface area contributed by atoms with Crippen LogP contribution in [0.15, 0.2) is 5.38 Å². The lowest BCUT2D eigenvalue weighted by Gasteiger charge is -2.29. The quantitative estimate of drug-likeness (QED) is 0.448. The lowest BCUT2D eigenvalue weighted by molar-refractivity contribution is -0.136. The van der Waals surface area contributed by atoms with E-state index in [-0.39, 0.29) is 11.9 Å². The average molecular weight is 386 g/mol. The Labute approximate surface area is 156 Å². The molecule has 26 heavy (non-hydrogen) atoms. The van der Waals surface area contributed by atoms with E-state index in [0.717, 1.165) is 25.0 Å². The Balaban J connectivity index is 2.01. The van der Waals surface area contributed by atoms with Gasteiger partial charge in [-0.3, -0.25) is 19.7 Å². The number of nitrogens with one attached hydrogen (secondary N) is 2. The van der Waals surface area contributed by atoms with Crippen LogP contribution in [0.3, 0.4) is 0 Å². The number of aryl methyl sites for hydroxylation is 1. The van der Waals surface area contributed by atoms with Crippen molar-refractivity contribution < 1.29 is 19.2 Å². The lowest BCUT2D eigenvalue weighted by Crippen LogP contribution is -2.45. The van der Waals surface area contributed by atoms with Gasteiger partial charge in [-0.15, -0.1) is 11.3 Å². The molecule has 3 N–H and O–H groups in total. The highest BCUT2D eigenvalue weighted by atomic mass is 32.1. The van der Waals surface area contributed by atoms with Crippen LogP contribution < -0.4 is 10.8 Å². The van der Waals surface area contributed by atoms with E-state index in [4.69, 9.17) is 5.21 Å². The molecule has 0 saturated carbocycles. The SMILES string of the molecule is CCCCC(CN1CCC[C@H]1C(=O)Nc1nc(C)cs1)C(F)C(=O)NO. The number of anilines is 1. The van der Waals surface area contributed by atoms with Crippen LogP contribution in [0, 0.1) is 12.8 Å². The third-order valence-corrected chi connectivity index (χ3v) is 5.56. The third kappa shape index (κ3) is 5.46. The fourth-order valence-electron chi connectivity index (χ4n) is 3.32. The molecule has 1 aliphatic rings. The van der Waals surface area contributed by atoms with Crippen molar-refractivity contribution in [3.63, 3.8) is 0 Å². The molecule has 0 aromatic carbocycles. The fourth-order valence-corrected chi connectivity index (χ4v) is 4.01. The van der Waals surface area contributed by atoms with Gasteiger partial charge in [-0.1, -0.05) is 19.8 Å². The Hall–Kier alpha value is -1.58. The van der Waals surface area contributed by atoms with Crippen LogP contribution in [0.2, 0.25) is 0 Å². The molecule has 1 fully saturated rings. The third-order valence-electron chi connectivity index (χ3n) is 4.69. The number of aromatic nitrogens is 1. The molecule has 0 spiro atoms. The fraction of sp³-hybridized carbons (Fsp3) is 0.706. The topological polar surface area (TPSA) is 94.6 Å². The molecular formula is C17H27FN4O3S. The maximum Gasteiger partial charge on any atom is 0.278 e. The number of hydroxylamine groups is 1. The molecule has 0 radical (unpaired) electrons. The Morgan fingerprint density at radius 1 is 1.54 bits per heavy atom. The molecule has 9 heteroatoms. The molecule has 1 aliphatic heterocycles. The van der Waals surface area contributed by atoms with E-state index in [0.29, 0.717) is 31.1 Å². The summed E-state index contributed by atoms with van der Waals surface area (Å²) in [6, 6.07) is -0.354. The van der Waals surface area contributed by atoms with Gasteiger partial charge in [-0.25, -0.2) is 14.9 Å². The monoisotopic (exact) mass is 386 g/mol. The van der Waals surface area contributed by atoms with Crippen molar-refractivity contribution in [1.29, 1.82) is 0 Å². The van der Waals surface area contributed by atoms with Crippen LogP contribution >= 0.6 is 11.3 Å². The summed E-state index contributed by atoms with van der Waals surface area (Å²) < 4.78 is 14.4. The van der Waals surface area contributed by atoms with Crippen LogP contribution in [0.4, 0.5) is 9.52 Å². The van der Waals surface area contributed by atoms with Gasteiger partial charge in [0.25, 0.3) is 5.91 Å². The minimum absolute atomic E-state index is 0.145. The highest BCUT2D eigenvalue weighted by Crippen LogP contribution is 2.25. The first-order valence-electron chi connectivity index (χ1n) is 9.01. The summed E-state index contributed by atoms with van der Waals surface area (Å²) in [5.41, 5.74) is 2.25. The number of unbranched alkanes of at least 4 members (excludes halogenated alkanes) is 1. The van der Waals surface area contributed by atoms with Gasteiger partial charge in [0.1, 0.15) is 0 Å². The second kappa shape index (κ2) is 9.94. The van der Waals surface area contributed by atoms with Gasteiger partial charge in [0.05, 0.1) is 11.7 Å². The van der Waals surface area contributed by atoms with E-state index >= 15 is 0 Å². The second-order valence-corrected chi connectivity index (χ2v) is 7.57. The molecule has 0 aliphatic carbocycles. The number of alkyl halides is 1. The molecule has 2 unspecified atom stereocenters. The zero-order chi connectivity index (χ0) is 19.1. The molecule has 146 valence electrons. The first kappa shape index (κ1) is 20.7. The van der Waals surface area contributed by atoms with Gasteiger partial charge in [-0.05, 0) is 32.7 Å². The zero-order valence-electron chi connectivity index (χ0n) is 15.2. The maximum absolute atomic E-state index is 14.4. The van der Waals surface area contributed by atoms with Crippen LogP contribution in [-0.2, 0) is 9.59 Å². The first-order chi connectivity index (χ1) is 12.5. The lowest BCUT2D eigenvalue weighted by atomic mass is 9.95. The molecule has 1 aromatic heterocycles. The van der Waals surface area contributed by atoms with Gasteiger partial charge < -0.3 is 5.32 Å². The van der Waals surface area contributed by atoms with Crippen LogP contribution in [0.1, 0.15) is 44.7 Å². The number of carbonyl (C=O) groups is 2. The number of rotatable bonds is 9. The van der Waals surface area contributed by atoms with Gasteiger partial charge in [-0.2, -0.15) is 0 Å². The predicted octanol–water partition coefficient (Wildman–Crippen LogP) is 2.50. The number of hydrogen-bond acceptors (Lipinski definition) is 6.